The molecular weight excluding hydrogens is 428 g/mol. The number of aromatic nitrogens is 1. The monoisotopic (exact) mass is 446 g/mol. The van der Waals surface area contributed by atoms with Crippen LogP contribution in [0.2, 0.25) is 0 Å². The van der Waals surface area contributed by atoms with Gasteiger partial charge in [0.25, 0.3) is 5.91 Å². The molecule has 0 saturated heterocycles. The van der Waals surface area contributed by atoms with E-state index in [1.165, 1.54) is 37.4 Å². The van der Waals surface area contributed by atoms with Crippen molar-refractivity contribution in [3.05, 3.63) is 87.6 Å². The van der Waals surface area contributed by atoms with Crippen LogP contribution in [0, 0.1) is 17.9 Å². The second-order valence-electron chi connectivity index (χ2n) is 7.47. The molecule has 0 saturated carbocycles. The number of carbonyl (C=O) groups is 1. The zero-order chi connectivity index (χ0) is 23.0. The summed E-state index contributed by atoms with van der Waals surface area (Å²) < 4.78 is 60.9. The van der Waals surface area contributed by atoms with E-state index in [1.54, 1.807) is 0 Å². The van der Waals surface area contributed by atoms with Gasteiger partial charge in [-0.25, -0.2) is 4.39 Å². The van der Waals surface area contributed by atoms with E-state index in [0.29, 0.717) is 34.4 Å². The highest BCUT2D eigenvalue weighted by molar-refractivity contribution is 6.07. The second-order valence-corrected chi connectivity index (χ2v) is 7.47. The van der Waals surface area contributed by atoms with Crippen molar-refractivity contribution in [2.24, 2.45) is 0 Å². The third-order valence-electron chi connectivity index (χ3n) is 5.40. The van der Waals surface area contributed by atoms with Gasteiger partial charge in [-0.15, -0.1) is 0 Å². The number of ether oxygens (including phenoxy) is 1. The Labute approximate surface area is 180 Å². The van der Waals surface area contributed by atoms with Crippen molar-refractivity contribution in [3.63, 3.8) is 0 Å². The number of hydrogen-bond acceptors (Lipinski definition) is 3. The molecule has 1 aromatic heterocycles. The molecule has 1 aliphatic carbocycles. The number of alkyl halides is 3. The summed E-state index contributed by atoms with van der Waals surface area (Å²) in [5, 5.41) is 13.9. The number of nitrogens with zero attached hydrogens (tertiary/aromatic N) is 1. The number of fused-ring (bicyclic) bond motifs is 1. The van der Waals surface area contributed by atoms with Crippen LogP contribution in [0.15, 0.2) is 48.8 Å². The second kappa shape index (κ2) is 8.14. The summed E-state index contributed by atoms with van der Waals surface area (Å²) in [5.74, 6) is -1.03. The first-order valence-electron chi connectivity index (χ1n) is 9.84. The number of amides is 1. The van der Waals surface area contributed by atoms with Gasteiger partial charge < -0.3 is 15.3 Å². The zero-order valence-electron chi connectivity index (χ0n) is 16.9. The van der Waals surface area contributed by atoms with Gasteiger partial charge in [0.05, 0.1) is 11.1 Å². The molecular formula is C23H18F4N2O3. The molecule has 1 heterocycles. The molecule has 0 bridgehead atoms. The molecule has 9 heteroatoms. The summed E-state index contributed by atoms with van der Waals surface area (Å²) in [4.78, 5) is 13.0. The molecule has 1 amide bonds. The molecule has 0 unspecified atom stereocenters. The number of pyridine rings is 1. The van der Waals surface area contributed by atoms with Gasteiger partial charge in [0.2, 0.25) is 6.20 Å². The SMILES string of the molecule is Cc1c(C(F)(F)F)ccc(Oc2ccc(F)c3c2CCC3)c1C(=O)Nc1ccc[n+]([O-])c1. The predicted octanol–water partition coefficient (Wildman–Crippen LogP) is 5.32. The van der Waals surface area contributed by atoms with E-state index in [0.717, 1.165) is 24.8 Å². The highest BCUT2D eigenvalue weighted by atomic mass is 19.4. The fourth-order valence-corrected chi connectivity index (χ4v) is 3.93. The summed E-state index contributed by atoms with van der Waals surface area (Å²) in [6.07, 6.45) is -0.560. The maximum Gasteiger partial charge on any atom is 0.416 e. The number of rotatable bonds is 4. The normalized spacial score (nSPS) is 13.0. The summed E-state index contributed by atoms with van der Waals surface area (Å²) in [7, 11) is 0. The van der Waals surface area contributed by atoms with E-state index < -0.39 is 17.6 Å². The number of nitrogens with one attached hydrogen (secondary N) is 1. The van der Waals surface area contributed by atoms with Gasteiger partial charge in [0.1, 0.15) is 23.0 Å². The van der Waals surface area contributed by atoms with Crippen LogP contribution in [0.25, 0.3) is 0 Å². The number of carbonyl (C=O) groups excluding carboxylic acids is 1. The highest BCUT2D eigenvalue weighted by Gasteiger charge is 2.35. The van der Waals surface area contributed by atoms with Crippen LogP contribution in [0.3, 0.4) is 0 Å². The molecule has 32 heavy (non-hydrogen) atoms. The Hall–Kier alpha value is -3.62. The van der Waals surface area contributed by atoms with Crippen molar-refractivity contribution >= 4 is 11.6 Å². The molecule has 3 aromatic rings. The van der Waals surface area contributed by atoms with Crippen LogP contribution < -0.4 is 14.8 Å². The minimum absolute atomic E-state index is 0.0976. The molecule has 0 atom stereocenters. The highest BCUT2D eigenvalue weighted by Crippen LogP contribution is 2.40. The number of benzene rings is 2. The van der Waals surface area contributed by atoms with E-state index in [9.17, 15) is 27.6 Å². The minimum Gasteiger partial charge on any atom is -0.619 e. The van der Waals surface area contributed by atoms with E-state index in [1.807, 2.05) is 0 Å². The lowest BCUT2D eigenvalue weighted by molar-refractivity contribution is -0.604. The molecule has 2 aromatic carbocycles. The maximum atomic E-state index is 14.1. The number of halogens is 4. The Kier molecular flexibility index (Phi) is 5.50. The fraction of sp³-hybridized carbons (Fsp3) is 0.217. The summed E-state index contributed by atoms with van der Waals surface area (Å²) >= 11 is 0. The molecule has 166 valence electrons. The van der Waals surface area contributed by atoms with Crippen molar-refractivity contribution in [2.75, 3.05) is 5.32 Å². The van der Waals surface area contributed by atoms with Gasteiger partial charge in [-0.1, -0.05) is 0 Å². The van der Waals surface area contributed by atoms with Crippen molar-refractivity contribution in [1.82, 2.24) is 0 Å². The summed E-state index contributed by atoms with van der Waals surface area (Å²) in [5.41, 5.74) is -0.357. The van der Waals surface area contributed by atoms with Crippen molar-refractivity contribution in [1.29, 1.82) is 0 Å². The Balaban J connectivity index is 1.78. The van der Waals surface area contributed by atoms with Crippen LogP contribution in [0.5, 0.6) is 11.5 Å². The topological polar surface area (TPSA) is 65.3 Å². The molecule has 0 radical (unpaired) electrons. The summed E-state index contributed by atoms with van der Waals surface area (Å²) in [6, 6.07) is 7.40. The van der Waals surface area contributed by atoms with Crippen LogP contribution in [-0.4, -0.2) is 5.91 Å². The van der Waals surface area contributed by atoms with E-state index in [2.05, 4.69) is 5.32 Å². The molecule has 0 fully saturated rings. The van der Waals surface area contributed by atoms with Crippen molar-refractivity contribution < 1.29 is 31.8 Å². The van der Waals surface area contributed by atoms with Gasteiger partial charge in [-0.2, -0.15) is 17.9 Å². The molecule has 1 N–H and O–H groups in total. The van der Waals surface area contributed by atoms with Crippen LogP contribution in [-0.2, 0) is 19.0 Å². The van der Waals surface area contributed by atoms with E-state index in [4.69, 9.17) is 4.74 Å². The first-order valence-corrected chi connectivity index (χ1v) is 9.84. The quantitative estimate of drug-likeness (QED) is 0.335. The van der Waals surface area contributed by atoms with E-state index >= 15 is 0 Å². The largest absolute Gasteiger partial charge is 0.619 e. The van der Waals surface area contributed by atoms with Gasteiger partial charge in [-0.05, 0) is 67.6 Å². The third kappa shape index (κ3) is 4.10. The maximum absolute atomic E-state index is 14.1. The molecule has 1 aliphatic rings. The third-order valence-corrected chi connectivity index (χ3v) is 5.40. The fourth-order valence-electron chi connectivity index (χ4n) is 3.93. The first kappa shape index (κ1) is 21.6. The standard InChI is InChI=1S/C23H18F4N2O3/c1-13-17(23(25,26)27)7-9-20(21(13)22(30)28-14-4-3-11-29(31)12-14)32-19-10-8-18(24)15-5-2-6-16(15)19/h3-4,7-12H,2,5-6H2,1H3,(H,28,30). The smallest absolute Gasteiger partial charge is 0.416 e. The van der Waals surface area contributed by atoms with Gasteiger partial charge in [0.15, 0.2) is 6.20 Å². The molecule has 5 nitrogen and oxygen atoms in total. The molecule has 4 rings (SSSR count). The van der Waals surface area contributed by atoms with Crippen molar-refractivity contribution in [3.8, 4) is 11.5 Å². The zero-order valence-corrected chi connectivity index (χ0v) is 16.9. The minimum atomic E-state index is -4.68. The summed E-state index contributed by atoms with van der Waals surface area (Å²) in [6.45, 7) is 1.18. The lowest BCUT2D eigenvalue weighted by Crippen LogP contribution is -2.26. The lowest BCUT2D eigenvalue weighted by atomic mass is 9.99. The number of hydrogen-bond donors (Lipinski definition) is 1. The number of anilines is 1. The van der Waals surface area contributed by atoms with Gasteiger partial charge in [0, 0.05) is 11.6 Å². The Morgan fingerprint density at radius 1 is 1.09 bits per heavy atom. The van der Waals surface area contributed by atoms with Gasteiger partial charge >= 0.3 is 6.18 Å². The van der Waals surface area contributed by atoms with Gasteiger partial charge in [-0.3, -0.25) is 4.79 Å². The molecule has 0 spiro atoms. The Bertz CT molecular complexity index is 1210. The molecule has 0 aliphatic heterocycles. The van der Waals surface area contributed by atoms with Crippen LogP contribution in [0.1, 0.15) is 39.0 Å². The average Bonchev–Trinajstić information content (AvgIpc) is 3.20. The Morgan fingerprint density at radius 3 is 2.53 bits per heavy atom. The predicted molar refractivity (Wildman–Crippen MR) is 108 cm³/mol. The Morgan fingerprint density at radius 2 is 1.81 bits per heavy atom. The lowest BCUT2D eigenvalue weighted by Gasteiger charge is -2.19. The first-order chi connectivity index (χ1) is 15.1. The van der Waals surface area contributed by atoms with E-state index in [-0.39, 0.29) is 28.4 Å². The van der Waals surface area contributed by atoms with Crippen molar-refractivity contribution in [2.45, 2.75) is 32.4 Å². The van der Waals surface area contributed by atoms with Crippen LogP contribution in [0.4, 0.5) is 23.2 Å². The van der Waals surface area contributed by atoms with Crippen LogP contribution >= 0.6 is 0 Å². The average molecular weight is 446 g/mol.